The standard InChI is InChI=1S/C9H20N2O/c1-4-5-6-11-9(12)8(10)7(2)3/h7-8H,4-6,10H2,1-3H3,(H,11,12)/t8-/m1/s1. The van der Waals surface area contributed by atoms with E-state index in [1.807, 2.05) is 13.8 Å². The van der Waals surface area contributed by atoms with Gasteiger partial charge in [-0.05, 0) is 12.3 Å². The van der Waals surface area contributed by atoms with Crippen molar-refractivity contribution in [2.75, 3.05) is 6.54 Å². The number of nitrogens with one attached hydrogen (secondary N) is 1. The summed E-state index contributed by atoms with van der Waals surface area (Å²) in [4.78, 5) is 11.2. The highest BCUT2D eigenvalue weighted by Crippen LogP contribution is 1.97. The van der Waals surface area contributed by atoms with E-state index in [4.69, 9.17) is 5.73 Å². The lowest BCUT2D eigenvalue weighted by molar-refractivity contribution is -0.123. The van der Waals surface area contributed by atoms with Crippen LogP contribution in [0.15, 0.2) is 0 Å². The Balaban J connectivity index is 3.57. The van der Waals surface area contributed by atoms with Gasteiger partial charge >= 0.3 is 0 Å². The summed E-state index contributed by atoms with van der Waals surface area (Å²) in [5.74, 6) is 0.185. The molecule has 1 amide bonds. The largest absolute Gasteiger partial charge is 0.355 e. The Labute approximate surface area is 74.7 Å². The Bertz CT molecular complexity index is 134. The van der Waals surface area contributed by atoms with Gasteiger partial charge < -0.3 is 11.1 Å². The maximum absolute atomic E-state index is 11.2. The van der Waals surface area contributed by atoms with Crippen LogP contribution in [0.5, 0.6) is 0 Å². The van der Waals surface area contributed by atoms with Crippen molar-refractivity contribution in [1.82, 2.24) is 5.32 Å². The lowest BCUT2D eigenvalue weighted by Crippen LogP contribution is -2.44. The number of unbranched alkanes of at least 4 members (excludes halogenated alkanes) is 1. The third kappa shape index (κ3) is 4.34. The van der Waals surface area contributed by atoms with E-state index in [0.717, 1.165) is 19.4 Å². The summed E-state index contributed by atoms with van der Waals surface area (Å²) in [6, 6.07) is -0.359. The molecule has 72 valence electrons. The van der Waals surface area contributed by atoms with E-state index in [1.165, 1.54) is 0 Å². The van der Waals surface area contributed by atoms with Crippen LogP contribution in [0.4, 0.5) is 0 Å². The normalized spacial score (nSPS) is 13.1. The van der Waals surface area contributed by atoms with Crippen LogP contribution in [0.2, 0.25) is 0 Å². The fraction of sp³-hybridized carbons (Fsp3) is 0.889. The molecular formula is C9H20N2O. The summed E-state index contributed by atoms with van der Waals surface area (Å²) in [5.41, 5.74) is 5.63. The molecule has 0 rings (SSSR count). The van der Waals surface area contributed by atoms with E-state index >= 15 is 0 Å². The van der Waals surface area contributed by atoms with Crippen molar-refractivity contribution in [2.24, 2.45) is 11.7 Å². The molecule has 0 saturated heterocycles. The number of carbonyl (C=O) groups excluding carboxylic acids is 1. The van der Waals surface area contributed by atoms with E-state index in [-0.39, 0.29) is 17.9 Å². The first-order valence-corrected chi connectivity index (χ1v) is 4.62. The first-order valence-electron chi connectivity index (χ1n) is 4.62. The maximum atomic E-state index is 11.2. The molecule has 0 heterocycles. The van der Waals surface area contributed by atoms with Gasteiger partial charge in [-0.2, -0.15) is 0 Å². The zero-order valence-electron chi connectivity index (χ0n) is 8.26. The lowest BCUT2D eigenvalue weighted by atomic mass is 10.1. The maximum Gasteiger partial charge on any atom is 0.237 e. The van der Waals surface area contributed by atoms with E-state index < -0.39 is 0 Å². The van der Waals surface area contributed by atoms with Crippen LogP contribution in [-0.4, -0.2) is 18.5 Å². The topological polar surface area (TPSA) is 55.1 Å². The summed E-state index contributed by atoms with van der Waals surface area (Å²) >= 11 is 0. The monoisotopic (exact) mass is 172 g/mol. The molecule has 0 unspecified atom stereocenters. The second-order valence-corrected chi connectivity index (χ2v) is 3.41. The lowest BCUT2D eigenvalue weighted by Gasteiger charge is -2.14. The molecule has 0 aliphatic heterocycles. The first-order chi connectivity index (χ1) is 5.59. The van der Waals surface area contributed by atoms with Crippen LogP contribution in [-0.2, 0) is 4.79 Å². The van der Waals surface area contributed by atoms with Gasteiger partial charge in [0.05, 0.1) is 6.04 Å². The molecular weight excluding hydrogens is 152 g/mol. The van der Waals surface area contributed by atoms with Crippen molar-refractivity contribution < 1.29 is 4.79 Å². The molecule has 0 aromatic carbocycles. The molecule has 1 atom stereocenters. The molecule has 0 bridgehead atoms. The zero-order valence-corrected chi connectivity index (χ0v) is 8.26. The molecule has 0 radical (unpaired) electrons. The fourth-order valence-corrected chi connectivity index (χ4v) is 0.809. The minimum absolute atomic E-state index is 0.0292. The molecule has 0 spiro atoms. The van der Waals surface area contributed by atoms with Gasteiger partial charge in [-0.1, -0.05) is 27.2 Å². The predicted octanol–water partition coefficient (Wildman–Crippen LogP) is 0.886. The Morgan fingerprint density at radius 2 is 2.08 bits per heavy atom. The summed E-state index contributed by atoms with van der Waals surface area (Å²) in [6.45, 7) is 6.73. The summed E-state index contributed by atoms with van der Waals surface area (Å²) in [6.07, 6.45) is 2.12. The number of hydrogen-bond acceptors (Lipinski definition) is 2. The smallest absolute Gasteiger partial charge is 0.237 e. The van der Waals surface area contributed by atoms with E-state index in [2.05, 4.69) is 12.2 Å². The molecule has 0 aliphatic rings. The fourth-order valence-electron chi connectivity index (χ4n) is 0.809. The van der Waals surface area contributed by atoms with E-state index in [1.54, 1.807) is 0 Å². The third-order valence-corrected chi connectivity index (χ3v) is 1.85. The molecule has 3 heteroatoms. The van der Waals surface area contributed by atoms with Crippen molar-refractivity contribution in [3.63, 3.8) is 0 Å². The van der Waals surface area contributed by atoms with Gasteiger partial charge in [-0.3, -0.25) is 4.79 Å². The van der Waals surface area contributed by atoms with Gasteiger partial charge in [-0.25, -0.2) is 0 Å². The highest BCUT2D eigenvalue weighted by atomic mass is 16.2. The van der Waals surface area contributed by atoms with Crippen molar-refractivity contribution in [1.29, 1.82) is 0 Å². The predicted molar refractivity (Wildman–Crippen MR) is 50.7 cm³/mol. The second kappa shape index (κ2) is 6.00. The molecule has 0 saturated carbocycles. The number of nitrogens with two attached hydrogens (primary N) is 1. The van der Waals surface area contributed by atoms with Crippen LogP contribution in [0.3, 0.4) is 0 Å². The Morgan fingerprint density at radius 3 is 2.50 bits per heavy atom. The summed E-state index contributed by atoms with van der Waals surface area (Å²) in [7, 11) is 0. The zero-order chi connectivity index (χ0) is 9.56. The van der Waals surface area contributed by atoms with Gasteiger partial charge in [-0.15, -0.1) is 0 Å². The molecule has 0 fully saturated rings. The SMILES string of the molecule is CCCCNC(=O)[C@H](N)C(C)C. The van der Waals surface area contributed by atoms with E-state index in [9.17, 15) is 4.79 Å². The number of rotatable bonds is 5. The highest BCUT2D eigenvalue weighted by molar-refractivity contribution is 5.81. The third-order valence-electron chi connectivity index (χ3n) is 1.85. The molecule has 3 N–H and O–H groups in total. The van der Waals surface area contributed by atoms with Crippen LogP contribution in [0.1, 0.15) is 33.6 Å². The van der Waals surface area contributed by atoms with Crippen molar-refractivity contribution >= 4 is 5.91 Å². The van der Waals surface area contributed by atoms with Gasteiger partial charge in [0.15, 0.2) is 0 Å². The minimum atomic E-state index is -0.359. The molecule has 0 aliphatic carbocycles. The highest BCUT2D eigenvalue weighted by Gasteiger charge is 2.15. The molecule has 12 heavy (non-hydrogen) atoms. The Kier molecular flexibility index (Phi) is 5.72. The number of hydrogen-bond donors (Lipinski definition) is 2. The number of carbonyl (C=O) groups is 1. The first kappa shape index (κ1) is 11.4. The quantitative estimate of drug-likeness (QED) is 0.605. The van der Waals surface area contributed by atoms with E-state index in [0.29, 0.717) is 0 Å². The van der Waals surface area contributed by atoms with Crippen LogP contribution < -0.4 is 11.1 Å². The van der Waals surface area contributed by atoms with Crippen LogP contribution in [0, 0.1) is 5.92 Å². The van der Waals surface area contributed by atoms with Crippen LogP contribution in [0.25, 0.3) is 0 Å². The van der Waals surface area contributed by atoms with Gasteiger partial charge in [0.2, 0.25) is 5.91 Å². The van der Waals surface area contributed by atoms with Gasteiger partial charge in [0, 0.05) is 6.54 Å². The summed E-state index contributed by atoms with van der Waals surface area (Å²) in [5, 5.41) is 2.80. The summed E-state index contributed by atoms with van der Waals surface area (Å²) < 4.78 is 0. The average molecular weight is 172 g/mol. The second-order valence-electron chi connectivity index (χ2n) is 3.41. The minimum Gasteiger partial charge on any atom is -0.355 e. The number of amides is 1. The van der Waals surface area contributed by atoms with Gasteiger partial charge in [0.25, 0.3) is 0 Å². The van der Waals surface area contributed by atoms with Crippen molar-refractivity contribution in [2.45, 2.75) is 39.7 Å². The molecule has 0 aromatic heterocycles. The van der Waals surface area contributed by atoms with Crippen molar-refractivity contribution in [3.05, 3.63) is 0 Å². The molecule has 3 nitrogen and oxygen atoms in total. The van der Waals surface area contributed by atoms with Gasteiger partial charge in [0.1, 0.15) is 0 Å². The average Bonchev–Trinajstić information content (AvgIpc) is 2.03. The Hall–Kier alpha value is -0.570. The van der Waals surface area contributed by atoms with Crippen molar-refractivity contribution in [3.8, 4) is 0 Å². The van der Waals surface area contributed by atoms with Crippen LogP contribution >= 0.6 is 0 Å². The Morgan fingerprint density at radius 1 is 1.50 bits per heavy atom. The molecule has 0 aromatic rings.